The van der Waals surface area contributed by atoms with Crippen molar-refractivity contribution >= 4 is 40.4 Å². The van der Waals surface area contributed by atoms with Gasteiger partial charge >= 0.3 is 0 Å². The molecule has 0 radical (unpaired) electrons. The maximum atomic E-state index is 11.9. The van der Waals surface area contributed by atoms with Gasteiger partial charge in [0.25, 0.3) is 5.91 Å². The van der Waals surface area contributed by atoms with Crippen molar-refractivity contribution in [1.82, 2.24) is 5.32 Å². The Kier molecular flexibility index (Phi) is 4.30. The molecule has 1 aromatic carbocycles. The lowest BCUT2D eigenvalue weighted by molar-refractivity contribution is -0.117. The largest absolute Gasteiger partial charge is 0.511 e. The maximum absolute atomic E-state index is 11.9. The fourth-order valence-corrected chi connectivity index (χ4v) is 2.42. The zero-order valence-corrected chi connectivity index (χ0v) is 12.7. The number of thiocarbonyl (C=S) groups is 1. The minimum absolute atomic E-state index is 0.0194. The van der Waals surface area contributed by atoms with Gasteiger partial charge in [0.15, 0.2) is 0 Å². The van der Waals surface area contributed by atoms with Crippen molar-refractivity contribution in [3.63, 3.8) is 0 Å². The molecule has 0 aromatic heterocycles. The number of anilines is 1. The number of hydrogen-bond acceptors (Lipinski definition) is 3. The predicted molar refractivity (Wildman–Crippen MR) is 84.2 cm³/mol. The van der Waals surface area contributed by atoms with Crippen LogP contribution >= 0.6 is 23.8 Å². The number of nitrogens with one attached hydrogen (secondary N) is 2. The number of hydrogen-bond donors (Lipinski definition) is 3. The molecule has 4 nitrogen and oxygen atoms in total. The molecule has 1 heterocycles. The molecule has 1 amide bonds. The Labute approximate surface area is 127 Å². The number of carbonyl (C=O) groups excluding carboxylic acids is 1. The van der Waals surface area contributed by atoms with Crippen LogP contribution in [0.3, 0.4) is 0 Å². The van der Waals surface area contributed by atoms with Gasteiger partial charge in [0.1, 0.15) is 16.3 Å². The van der Waals surface area contributed by atoms with E-state index in [4.69, 9.17) is 23.8 Å². The molecule has 2 rings (SSSR count). The van der Waals surface area contributed by atoms with E-state index in [1.807, 2.05) is 19.9 Å². The summed E-state index contributed by atoms with van der Waals surface area (Å²) in [5, 5.41) is 16.3. The number of aliphatic hydroxyl groups is 1. The van der Waals surface area contributed by atoms with Crippen molar-refractivity contribution in [2.45, 2.75) is 13.8 Å². The number of halogens is 1. The molecule has 106 valence electrons. The van der Waals surface area contributed by atoms with Gasteiger partial charge in [-0.1, -0.05) is 36.8 Å². The van der Waals surface area contributed by atoms with Crippen LogP contribution in [0.1, 0.15) is 12.5 Å². The monoisotopic (exact) mass is 310 g/mol. The van der Waals surface area contributed by atoms with Gasteiger partial charge < -0.3 is 15.7 Å². The van der Waals surface area contributed by atoms with Crippen molar-refractivity contribution < 1.29 is 9.90 Å². The highest BCUT2D eigenvalue weighted by molar-refractivity contribution is 7.81. The van der Waals surface area contributed by atoms with Crippen molar-refractivity contribution in [3.8, 4) is 0 Å². The molecule has 0 saturated carbocycles. The van der Waals surface area contributed by atoms with Crippen LogP contribution in [-0.4, -0.2) is 22.5 Å². The second kappa shape index (κ2) is 5.81. The Morgan fingerprint density at radius 1 is 1.55 bits per heavy atom. The molecule has 0 spiro atoms. The maximum Gasteiger partial charge on any atom is 0.257 e. The molecule has 0 aliphatic carbocycles. The predicted octanol–water partition coefficient (Wildman–Crippen LogP) is 2.97. The van der Waals surface area contributed by atoms with Gasteiger partial charge in [-0.2, -0.15) is 0 Å². The van der Waals surface area contributed by atoms with Gasteiger partial charge in [-0.25, -0.2) is 0 Å². The molecule has 0 saturated heterocycles. The van der Waals surface area contributed by atoms with E-state index in [9.17, 15) is 9.90 Å². The van der Waals surface area contributed by atoms with E-state index in [-0.39, 0.29) is 28.1 Å². The molecule has 3 N–H and O–H groups in total. The van der Waals surface area contributed by atoms with E-state index in [1.54, 1.807) is 12.1 Å². The Hall–Kier alpha value is -1.59. The standard InChI is InChI=1S/C14H15ClN2O2S/c1-7-6-16-13(19)11(12(7)18)14(20)17-10-5-3-4-9(15)8(10)2/h3-5,7,18H,6H2,1-2H3,(H,16,19)(H,17,20). The van der Waals surface area contributed by atoms with E-state index in [0.29, 0.717) is 17.3 Å². The number of benzene rings is 1. The van der Waals surface area contributed by atoms with Crippen molar-refractivity contribution in [3.05, 3.63) is 40.1 Å². The lowest BCUT2D eigenvalue weighted by atomic mass is 9.99. The van der Waals surface area contributed by atoms with Crippen molar-refractivity contribution in [2.24, 2.45) is 5.92 Å². The number of aliphatic hydroxyl groups excluding tert-OH is 1. The lowest BCUT2D eigenvalue weighted by Gasteiger charge is -2.23. The Morgan fingerprint density at radius 3 is 2.95 bits per heavy atom. The molecule has 1 aromatic rings. The average molecular weight is 311 g/mol. The summed E-state index contributed by atoms with van der Waals surface area (Å²) in [6.07, 6.45) is 0. The average Bonchev–Trinajstić information content (AvgIpc) is 2.40. The lowest BCUT2D eigenvalue weighted by Crippen LogP contribution is -2.40. The third kappa shape index (κ3) is 2.78. The van der Waals surface area contributed by atoms with Crippen molar-refractivity contribution in [1.29, 1.82) is 0 Å². The SMILES string of the molecule is Cc1c(Cl)cccc1NC(=S)C1=C(O)C(C)CNC1=O. The van der Waals surface area contributed by atoms with E-state index in [2.05, 4.69) is 10.6 Å². The number of carbonyl (C=O) groups is 1. The molecular weight excluding hydrogens is 296 g/mol. The van der Waals surface area contributed by atoms with Gasteiger partial charge in [0.2, 0.25) is 0 Å². The third-order valence-electron chi connectivity index (χ3n) is 3.26. The minimum Gasteiger partial charge on any atom is -0.511 e. The highest BCUT2D eigenvalue weighted by Gasteiger charge is 2.28. The van der Waals surface area contributed by atoms with E-state index >= 15 is 0 Å². The zero-order valence-electron chi connectivity index (χ0n) is 11.2. The normalized spacial score (nSPS) is 18.8. The van der Waals surface area contributed by atoms with Gasteiger partial charge in [0.05, 0.1) is 0 Å². The fourth-order valence-electron chi connectivity index (χ4n) is 1.94. The van der Waals surface area contributed by atoms with E-state index in [0.717, 1.165) is 5.56 Å². The smallest absolute Gasteiger partial charge is 0.257 e. The van der Waals surface area contributed by atoms with Gasteiger partial charge in [-0.05, 0) is 24.6 Å². The van der Waals surface area contributed by atoms with E-state index in [1.165, 1.54) is 0 Å². The van der Waals surface area contributed by atoms with Crippen LogP contribution in [0, 0.1) is 12.8 Å². The molecule has 20 heavy (non-hydrogen) atoms. The Morgan fingerprint density at radius 2 is 2.25 bits per heavy atom. The third-order valence-corrected chi connectivity index (χ3v) is 3.98. The topological polar surface area (TPSA) is 61.4 Å². The molecule has 1 aliphatic rings. The zero-order chi connectivity index (χ0) is 14.9. The first-order valence-electron chi connectivity index (χ1n) is 6.19. The summed E-state index contributed by atoms with van der Waals surface area (Å²) in [5.41, 5.74) is 1.67. The summed E-state index contributed by atoms with van der Waals surface area (Å²) in [7, 11) is 0. The molecule has 1 atom stereocenters. The molecule has 0 fully saturated rings. The second-order valence-corrected chi connectivity index (χ2v) is 5.55. The van der Waals surface area contributed by atoms with Crippen LogP contribution in [0.5, 0.6) is 0 Å². The molecule has 6 heteroatoms. The summed E-state index contributed by atoms with van der Waals surface area (Å²) in [6, 6.07) is 5.38. The van der Waals surface area contributed by atoms with Crippen LogP contribution in [-0.2, 0) is 4.79 Å². The van der Waals surface area contributed by atoms with Gasteiger partial charge in [-0.15, -0.1) is 0 Å². The van der Waals surface area contributed by atoms with E-state index < -0.39 is 0 Å². The highest BCUT2D eigenvalue weighted by Crippen LogP contribution is 2.25. The van der Waals surface area contributed by atoms with Crippen LogP contribution in [0.4, 0.5) is 5.69 Å². The fraction of sp³-hybridized carbons (Fsp3) is 0.286. The number of rotatable bonds is 2. The Balaban J connectivity index is 2.30. The highest BCUT2D eigenvalue weighted by atomic mass is 35.5. The summed E-state index contributed by atoms with van der Waals surface area (Å²) >= 11 is 11.3. The molecule has 0 bridgehead atoms. The summed E-state index contributed by atoms with van der Waals surface area (Å²) in [5.74, 6) is -0.494. The first-order valence-corrected chi connectivity index (χ1v) is 6.98. The minimum atomic E-state index is -0.363. The number of amides is 1. The molecular formula is C14H15ClN2O2S. The summed E-state index contributed by atoms with van der Waals surface area (Å²) in [6.45, 7) is 4.08. The first kappa shape index (κ1) is 14.8. The van der Waals surface area contributed by atoms with Gasteiger partial charge in [0, 0.05) is 23.2 Å². The van der Waals surface area contributed by atoms with Gasteiger partial charge in [-0.3, -0.25) is 4.79 Å². The second-order valence-electron chi connectivity index (χ2n) is 4.74. The molecule has 1 unspecified atom stereocenters. The Bertz CT molecular complexity index is 613. The van der Waals surface area contributed by atoms with Crippen LogP contribution in [0.25, 0.3) is 0 Å². The van der Waals surface area contributed by atoms with Crippen LogP contribution in [0.2, 0.25) is 5.02 Å². The summed E-state index contributed by atoms with van der Waals surface area (Å²) < 4.78 is 0. The summed E-state index contributed by atoms with van der Waals surface area (Å²) in [4.78, 5) is 12.0. The first-order chi connectivity index (χ1) is 9.41. The molecule has 1 aliphatic heterocycles. The van der Waals surface area contributed by atoms with Crippen LogP contribution < -0.4 is 10.6 Å². The quantitative estimate of drug-likeness (QED) is 0.735. The van der Waals surface area contributed by atoms with Crippen LogP contribution in [0.15, 0.2) is 29.5 Å². The van der Waals surface area contributed by atoms with Crippen molar-refractivity contribution in [2.75, 3.05) is 11.9 Å².